The second-order valence-corrected chi connectivity index (χ2v) is 4.96. The Bertz CT molecular complexity index is 749. The lowest BCUT2D eigenvalue weighted by atomic mass is 10.2. The van der Waals surface area contributed by atoms with Gasteiger partial charge in [0.2, 0.25) is 17.7 Å². The number of aliphatic hydroxyl groups is 3. The molecule has 4 N–H and O–H groups in total. The number of carbonyl (C=O) groups is 1. The zero-order valence-electron chi connectivity index (χ0n) is 12.2. The molecule has 2 aromatic rings. The minimum absolute atomic E-state index is 0.0165. The van der Waals surface area contributed by atoms with Crippen LogP contribution in [-0.2, 0) is 9.53 Å². The molecule has 23 heavy (non-hydrogen) atoms. The number of aromatic nitrogens is 4. The van der Waals surface area contributed by atoms with E-state index in [1.54, 1.807) is 0 Å². The standard InChI is InChI=1S/C12H15N5O6/c1-4(18)14-12-15-8-5(9(16-12)22-2)13-3-17(8)10-6(19)7(20)11(21)23-10/h3,6-7,10-11,19-21H,1-2H3,(H,14,15,16,18)/t6-,7+,10-,11+/m1/s1. The Morgan fingerprint density at radius 1 is 1.35 bits per heavy atom. The van der Waals surface area contributed by atoms with E-state index in [4.69, 9.17) is 9.47 Å². The van der Waals surface area contributed by atoms with Crippen LogP contribution in [0.2, 0.25) is 0 Å². The number of aliphatic hydroxyl groups excluding tert-OH is 3. The molecule has 4 atom stereocenters. The molecule has 0 aliphatic carbocycles. The SMILES string of the molecule is COc1nc(NC(C)=O)nc2c1ncn2[C@@H]1O[C@H](O)[C@@H](O)[C@H]1O. The minimum atomic E-state index is -1.54. The number of methoxy groups -OCH3 is 1. The number of nitrogens with zero attached hydrogens (tertiary/aromatic N) is 4. The number of nitrogens with one attached hydrogen (secondary N) is 1. The third-order valence-corrected chi connectivity index (χ3v) is 3.36. The Kier molecular flexibility index (Phi) is 3.85. The van der Waals surface area contributed by atoms with Crippen molar-refractivity contribution >= 4 is 23.0 Å². The molecule has 1 amide bonds. The number of amides is 1. The molecule has 1 saturated heterocycles. The summed E-state index contributed by atoms with van der Waals surface area (Å²) in [4.78, 5) is 23.4. The van der Waals surface area contributed by atoms with Gasteiger partial charge in [-0.25, -0.2) is 4.98 Å². The van der Waals surface area contributed by atoms with Crippen molar-refractivity contribution in [1.82, 2.24) is 19.5 Å². The Hall–Kier alpha value is -2.34. The topological polar surface area (TPSA) is 152 Å². The quantitative estimate of drug-likeness (QED) is 0.520. The summed E-state index contributed by atoms with van der Waals surface area (Å²) in [6, 6.07) is 0. The average Bonchev–Trinajstić information content (AvgIpc) is 3.02. The highest BCUT2D eigenvalue weighted by Crippen LogP contribution is 2.32. The molecule has 124 valence electrons. The molecule has 0 spiro atoms. The number of fused-ring (bicyclic) bond motifs is 1. The molecule has 3 rings (SSSR count). The molecule has 11 heteroatoms. The third kappa shape index (κ3) is 2.59. The highest BCUT2D eigenvalue weighted by Gasteiger charge is 2.43. The highest BCUT2D eigenvalue weighted by atomic mass is 16.7. The van der Waals surface area contributed by atoms with E-state index < -0.39 is 24.7 Å². The van der Waals surface area contributed by atoms with E-state index in [9.17, 15) is 20.1 Å². The van der Waals surface area contributed by atoms with Crippen molar-refractivity contribution in [3.8, 4) is 5.88 Å². The minimum Gasteiger partial charge on any atom is -0.479 e. The van der Waals surface area contributed by atoms with Gasteiger partial charge in [-0.2, -0.15) is 9.97 Å². The van der Waals surface area contributed by atoms with Crippen LogP contribution in [0.25, 0.3) is 11.2 Å². The molecule has 1 aliphatic heterocycles. The Labute approximate surface area is 129 Å². The molecular weight excluding hydrogens is 310 g/mol. The van der Waals surface area contributed by atoms with Gasteiger partial charge in [0.1, 0.15) is 12.2 Å². The number of rotatable bonds is 3. The van der Waals surface area contributed by atoms with Crippen molar-refractivity contribution in [2.45, 2.75) is 31.6 Å². The molecule has 1 aliphatic rings. The molecule has 2 aromatic heterocycles. The fraction of sp³-hybridized carbons (Fsp3) is 0.500. The summed E-state index contributed by atoms with van der Waals surface area (Å²) in [6.45, 7) is 1.30. The summed E-state index contributed by atoms with van der Waals surface area (Å²) in [5, 5.41) is 31.5. The van der Waals surface area contributed by atoms with E-state index in [1.807, 2.05) is 0 Å². The normalized spacial score (nSPS) is 27.3. The first-order chi connectivity index (χ1) is 10.9. The van der Waals surface area contributed by atoms with Gasteiger partial charge in [-0.3, -0.25) is 14.7 Å². The van der Waals surface area contributed by atoms with Crippen molar-refractivity contribution in [1.29, 1.82) is 0 Å². The predicted molar refractivity (Wildman–Crippen MR) is 74.3 cm³/mol. The zero-order chi connectivity index (χ0) is 16.7. The fourth-order valence-corrected chi connectivity index (χ4v) is 2.30. The van der Waals surface area contributed by atoms with E-state index in [1.165, 1.54) is 24.9 Å². The molecule has 11 nitrogen and oxygen atoms in total. The summed E-state index contributed by atoms with van der Waals surface area (Å²) in [5.74, 6) is -0.274. The van der Waals surface area contributed by atoms with Gasteiger partial charge < -0.3 is 24.8 Å². The van der Waals surface area contributed by atoms with Crippen LogP contribution in [0.4, 0.5) is 5.95 Å². The van der Waals surface area contributed by atoms with Crippen LogP contribution in [0.3, 0.4) is 0 Å². The van der Waals surface area contributed by atoms with Crippen molar-refractivity contribution in [3.05, 3.63) is 6.33 Å². The monoisotopic (exact) mass is 325 g/mol. The van der Waals surface area contributed by atoms with Crippen LogP contribution in [0.5, 0.6) is 5.88 Å². The summed E-state index contributed by atoms with van der Waals surface area (Å²) in [7, 11) is 1.38. The van der Waals surface area contributed by atoms with Gasteiger partial charge in [-0.05, 0) is 0 Å². The first-order valence-electron chi connectivity index (χ1n) is 6.68. The van der Waals surface area contributed by atoms with E-state index in [0.717, 1.165) is 0 Å². The summed E-state index contributed by atoms with van der Waals surface area (Å²) in [6.07, 6.45) is -4.18. The Morgan fingerprint density at radius 2 is 2.09 bits per heavy atom. The van der Waals surface area contributed by atoms with Crippen molar-refractivity contribution in [2.75, 3.05) is 12.4 Å². The molecule has 0 aromatic carbocycles. The van der Waals surface area contributed by atoms with Crippen molar-refractivity contribution < 1.29 is 29.6 Å². The fourth-order valence-electron chi connectivity index (χ4n) is 2.30. The average molecular weight is 325 g/mol. The number of ether oxygens (including phenoxy) is 2. The zero-order valence-corrected chi connectivity index (χ0v) is 12.2. The second kappa shape index (κ2) is 5.70. The van der Waals surface area contributed by atoms with E-state index in [0.29, 0.717) is 0 Å². The Balaban J connectivity index is 2.10. The predicted octanol–water partition coefficient (Wildman–Crippen LogP) is -1.64. The molecule has 1 fully saturated rings. The van der Waals surface area contributed by atoms with Crippen LogP contribution < -0.4 is 10.1 Å². The number of carbonyl (C=O) groups excluding carboxylic acids is 1. The molecule has 0 saturated carbocycles. The van der Waals surface area contributed by atoms with Crippen LogP contribution in [0.15, 0.2) is 6.33 Å². The summed E-state index contributed by atoms with van der Waals surface area (Å²) < 4.78 is 11.6. The van der Waals surface area contributed by atoms with E-state index in [2.05, 4.69) is 20.3 Å². The van der Waals surface area contributed by atoms with Crippen LogP contribution in [-0.4, -0.2) is 66.4 Å². The maximum Gasteiger partial charge on any atom is 0.246 e. The number of imidazole rings is 1. The second-order valence-electron chi connectivity index (χ2n) is 4.96. The van der Waals surface area contributed by atoms with E-state index >= 15 is 0 Å². The molecule has 0 unspecified atom stereocenters. The van der Waals surface area contributed by atoms with Gasteiger partial charge in [-0.1, -0.05) is 0 Å². The maximum absolute atomic E-state index is 11.2. The lowest BCUT2D eigenvalue weighted by Gasteiger charge is -2.16. The van der Waals surface area contributed by atoms with Crippen LogP contribution in [0.1, 0.15) is 13.2 Å². The molecule has 0 bridgehead atoms. The van der Waals surface area contributed by atoms with Gasteiger partial charge >= 0.3 is 0 Å². The summed E-state index contributed by atoms with van der Waals surface area (Å²) in [5.41, 5.74) is 0.472. The largest absolute Gasteiger partial charge is 0.479 e. The van der Waals surface area contributed by atoms with Gasteiger partial charge in [0.05, 0.1) is 13.4 Å². The molecule has 0 radical (unpaired) electrons. The van der Waals surface area contributed by atoms with Crippen LogP contribution in [0, 0.1) is 0 Å². The first-order valence-corrected chi connectivity index (χ1v) is 6.68. The van der Waals surface area contributed by atoms with Gasteiger partial charge in [0, 0.05) is 6.92 Å². The first kappa shape index (κ1) is 15.6. The van der Waals surface area contributed by atoms with Gasteiger partial charge in [0.25, 0.3) is 0 Å². The Morgan fingerprint density at radius 3 is 2.65 bits per heavy atom. The van der Waals surface area contributed by atoms with Gasteiger partial charge in [0.15, 0.2) is 23.7 Å². The lowest BCUT2D eigenvalue weighted by Crippen LogP contribution is -2.31. The van der Waals surface area contributed by atoms with Crippen LogP contribution >= 0.6 is 0 Å². The van der Waals surface area contributed by atoms with E-state index in [-0.39, 0.29) is 28.9 Å². The molecular formula is C12H15N5O6. The summed E-state index contributed by atoms with van der Waals surface area (Å²) >= 11 is 0. The lowest BCUT2D eigenvalue weighted by molar-refractivity contribution is -0.141. The number of anilines is 1. The van der Waals surface area contributed by atoms with Crippen molar-refractivity contribution in [3.63, 3.8) is 0 Å². The number of hydrogen-bond acceptors (Lipinski definition) is 9. The van der Waals surface area contributed by atoms with Crippen molar-refractivity contribution in [2.24, 2.45) is 0 Å². The third-order valence-electron chi connectivity index (χ3n) is 3.36. The maximum atomic E-state index is 11.2. The number of hydrogen-bond donors (Lipinski definition) is 4. The highest BCUT2D eigenvalue weighted by molar-refractivity contribution is 5.88. The smallest absolute Gasteiger partial charge is 0.246 e. The van der Waals surface area contributed by atoms with Gasteiger partial charge in [-0.15, -0.1) is 0 Å². The molecule has 3 heterocycles.